The molecule has 1 aromatic rings. The van der Waals surface area contributed by atoms with E-state index in [1.54, 1.807) is 6.92 Å². The van der Waals surface area contributed by atoms with Crippen LogP contribution in [0.3, 0.4) is 0 Å². The molecular formula is C15H22N2O4S. The monoisotopic (exact) mass is 326 g/mol. The Hall–Kier alpha value is -1.44. The van der Waals surface area contributed by atoms with Crippen molar-refractivity contribution in [3.8, 4) is 0 Å². The number of rotatable bonds is 7. The summed E-state index contributed by atoms with van der Waals surface area (Å²) in [6.45, 7) is 3.22. The van der Waals surface area contributed by atoms with Crippen LogP contribution in [0.4, 0.5) is 0 Å². The number of benzene rings is 1. The number of fused-ring (bicyclic) bond motifs is 1. The molecule has 1 N–H and O–H groups in total. The number of hydrogen-bond donors (Lipinski definition) is 1. The summed E-state index contributed by atoms with van der Waals surface area (Å²) in [5.74, 6) is -0.381. The maximum atomic E-state index is 12.3. The van der Waals surface area contributed by atoms with Gasteiger partial charge in [-0.15, -0.1) is 0 Å². The molecule has 7 heteroatoms. The second-order valence-electron chi connectivity index (χ2n) is 5.16. The molecule has 0 spiro atoms. The summed E-state index contributed by atoms with van der Waals surface area (Å²) in [5.41, 5.74) is 2.26. The highest BCUT2D eigenvalue weighted by Gasteiger charge is 2.26. The summed E-state index contributed by atoms with van der Waals surface area (Å²) in [4.78, 5) is 11.4. The minimum Gasteiger partial charge on any atom is -0.372 e. The van der Waals surface area contributed by atoms with Crippen molar-refractivity contribution in [3.63, 3.8) is 0 Å². The van der Waals surface area contributed by atoms with Gasteiger partial charge in [-0.05, 0) is 24.5 Å². The first-order valence-corrected chi connectivity index (χ1v) is 9.03. The fraction of sp³-hybridized carbons (Fsp3) is 0.533. The van der Waals surface area contributed by atoms with Gasteiger partial charge in [-0.1, -0.05) is 24.3 Å². The zero-order valence-electron chi connectivity index (χ0n) is 12.7. The first kappa shape index (κ1) is 16.9. The van der Waals surface area contributed by atoms with E-state index in [9.17, 15) is 13.2 Å². The molecule has 0 aromatic heterocycles. The molecule has 0 saturated heterocycles. The van der Waals surface area contributed by atoms with Crippen LogP contribution in [0.15, 0.2) is 24.3 Å². The zero-order valence-corrected chi connectivity index (χ0v) is 13.6. The highest BCUT2D eigenvalue weighted by atomic mass is 32.2. The number of sulfonamides is 1. The Morgan fingerprint density at radius 3 is 2.77 bits per heavy atom. The number of nitrogens with one attached hydrogen (secondary N) is 1. The lowest BCUT2D eigenvalue weighted by molar-refractivity contribution is -0.125. The molecule has 0 atom stereocenters. The second kappa shape index (κ2) is 7.71. The van der Waals surface area contributed by atoms with E-state index < -0.39 is 10.0 Å². The predicted molar refractivity (Wildman–Crippen MR) is 83.8 cm³/mol. The summed E-state index contributed by atoms with van der Waals surface area (Å²) in [6.07, 6.45) is 0.728. The summed E-state index contributed by atoms with van der Waals surface area (Å²) < 4.78 is 31.1. The summed E-state index contributed by atoms with van der Waals surface area (Å²) >= 11 is 0. The molecule has 1 aliphatic rings. The standard InChI is InChI=1S/C15H22N2O4S/c1-2-21-12-15(18)16-8-10-22(19,20)17-9-7-13-5-3-4-6-14(13)11-17/h3-6H,2,7-12H2,1H3,(H,16,18). The SMILES string of the molecule is CCOCC(=O)NCCS(=O)(=O)N1CCc2ccccc2C1. The third kappa shape index (κ3) is 4.53. The smallest absolute Gasteiger partial charge is 0.246 e. The molecule has 1 amide bonds. The van der Waals surface area contributed by atoms with Crippen LogP contribution in [-0.2, 0) is 32.5 Å². The van der Waals surface area contributed by atoms with Gasteiger partial charge in [-0.25, -0.2) is 8.42 Å². The summed E-state index contributed by atoms with van der Waals surface area (Å²) in [6, 6.07) is 7.88. The lowest BCUT2D eigenvalue weighted by atomic mass is 10.0. The van der Waals surface area contributed by atoms with E-state index in [0.717, 1.165) is 12.0 Å². The fourth-order valence-electron chi connectivity index (χ4n) is 2.40. The lowest BCUT2D eigenvalue weighted by Crippen LogP contribution is -2.40. The van der Waals surface area contributed by atoms with Gasteiger partial charge in [-0.2, -0.15) is 4.31 Å². The van der Waals surface area contributed by atoms with Crippen molar-refractivity contribution in [1.29, 1.82) is 0 Å². The molecule has 1 heterocycles. The van der Waals surface area contributed by atoms with E-state index in [1.807, 2.05) is 24.3 Å². The Kier molecular flexibility index (Phi) is 5.93. The molecule has 1 aromatic carbocycles. The summed E-state index contributed by atoms with van der Waals surface area (Å²) in [5, 5.41) is 2.56. The van der Waals surface area contributed by atoms with Crippen molar-refractivity contribution in [2.45, 2.75) is 19.9 Å². The largest absolute Gasteiger partial charge is 0.372 e. The van der Waals surface area contributed by atoms with E-state index in [1.165, 1.54) is 9.87 Å². The second-order valence-corrected chi connectivity index (χ2v) is 7.24. The fourth-order valence-corrected chi connectivity index (χ4v) is 3.73. The molecular weight excluding hydrogens is 304 g/mol. The van der Waals surface area contributed by atoms with Gasteiger partial charge in [0, 0.05) is 26.2 Å². The number of ether oxygens (including phenoxy) is 1. The third-order valence-corrected chi connectivity index (χ3v) is 5.43. The lowest BCUT2D eigenvalue weighted by Gasteiger charge is -2.28. The van der Waals surface area contributed by atoms with E-state index in [-0.39, 0.29) is 24.8 Å². The first-order valence-electron chi connectivity index (χ1n) is 7.42. The minimum absolute atomic E-state index is 0.0341. The Morgan fingerprint density at radius 2 is 2.05 bits per heavy atom. The highest BCUT2D eigenvalue weighted by molar-refractivity contribution is 7.89. The number of carbonyl (C=O) groups excluding carboxylic acids is 1. The van der Waals surface area contributed by atoms with E-state index in [4.69, 9.17) is 4.74 Å². The molecule has 0 bridgehead atoms. The molecule has 122 valence electrons. The molecule has 22 heavy (non-hydrogen) atoms. The van der Waals surface area contributed by atoms with Gasteiger partial charge in [-0.3, -0.25) is 4.79 Å². The predicted octanol–water partition coefficient (Wildman–Crippen LogP) is 0.527. The Labute approximate surface area is 131 Å². The van der Waals surface area contributed by atoms with Crippen LogP contribution in [0.25, 0.3) is 0 Å². The Morgan fingerprint density at radius 1 is 1.32 bits per heavy atom. The normalized spacial score (nSPS) is 15.3. The Balaban J connectivity index is 1.85. The summed E-state index contributed by atoms with van der Waals surface area (Å²) in [7, 11) is -3.36. The van der Waals surface area contributed by atoms with Crippen molar-refractivity contribution in [3.05, 3.63) is 35.4 Å². The highest BCUT2D eigenvalue weighted by Crippen LogP contribution is 2.20. The maximum absolute atomic E-state index is 12.3. The number of carbonyl (C=O) groups is 1. The average molecular weight is 326 g/mol. The first-order chi connectivity index (χ1) is 10.5. The Bertz CT molecular complexity index is 616. The molecule has 0 radical (unpaired) electrons. The van der Waals surface area contributed by atoms with Crippen LogP contribution in [0, 0.1) is 0 Å². The molecule has 1 aliphatic heterocycles. The number of hydrogen-bond acceptors (Lipinski definition) is 4. The van der Waals surface area contributed by atoms with Crippen molar-refractivity contribution < 1.29 is 17.9 Å². The van der Waals surface area contributed by atoms with Crippen molar-refractivity contribution in [2.75, 3.05) is 32.1 Å². The number of amides is 1. The molecule has 6 nitrogen and oxygen atoms in total. The minimum atomic E-state index is -3.36. The van der Waals surface area contributed by atoms with Crippen molar-refractivity contribution in [2.24, 2.45) is 0 Å². The van der Waals surface area contributed by atoms with Gasteiger partial charge >= 0.3 is 0 Å². The van der Waals surface area contributed by atoms with Crippen LogP contribution in [0.2, 0.25) is 0 Å². The van der Waals surface area contributed by atoms with E-state index in [2.05, 4.69) is 5.32 Å². The van der Waals surface area contributed by atoms with Gasteiger partial charge in [0.15, 0.2) is 0 Å². The van der Waals surface area contributed by atoms with Crippen LogP contribution < -0.4 is 5.32 Å². The maximum Gasteiger partial charge on any atom is 0.246 e. The third-order valence-electron chi connectivity index (χ3n) is 3.61. The quantitative estimate of drug-likeness (QED) is 0.793. The molecule has 0 aliphatic carbocycles. The molecule has 0 saturated carbocycles. The molecule has 0 unspecified atom stereocenters. The van der Waals surface area contributed by atoms with Gasteiger partial charge in [0.2, 0.25) is 15.9 Å². The zero-order chi connectivity index (χ0) is 16.0. The average Bonchev–Trinajstić information content (AvgIpc) is 2.52. The van der Waals surface area contributed by atoms with E-state index in [0.29, 0.717) is 19.7 Å². The molecule has 0 fully saturated rings. The van der Waals surface area contributed by atoms with Gasteiger partial charge in [0.25, 0.3) is 0 Å². The van der Waals surface area contributed by atoms with Gasteiger partial charge in [0.05, 0.1) is 5.75 Å². The van der Waals surface area contributed by atoms with Crippen molar-refractivity contribution >= 4 is 15.9 Å². The van der Waals surface area contributed by atoms with Gasteiger partial charge in [0.1, 0.15) is 6.61 Å². The van der Waals surface area contributed by atoms with Crippen LogP contribution in [0.1, 0.15) is 18.1 Å². The molecule has 2 rings (SSSR count). The van der Waals surface area contributed by atoms with Crippen molar-refractivity contribution in [1.82, 2.24) is 9.62 Å². The van der Waals surface area contributed by atoms with Crippen LogP contribution in [0.5, 0.6) is 0 Å². The topological polar surface area (TPSA) is 75.7 Å². The van der Waals surface area contributed by atoms with Crippen LogP contribution in [-0.4, -0.2) is 50.7 Å². The van der Waals surface area contributed by atoms with Gasteiger partial charge < -0.3 is 10.1 Å². The number of nitrogens with zero attached hydrogens (tertiary/aromatic N) is 1. The van der Waals surface area contributed by atoms with E-state index >= 15 is 0 Å². The van der Waals surface area contributed by atoms with Crippen LogP contribution >= 0.6 is 0 Å².